The van der Waals surface area contributed by atoms with Gasteiger partial charge in [0.2, 0.25) is 0 Å². The Morgan fingerprint density at radius 1 is 1.43 bits per heavy atom. The zero-order valence-corrected chi connectivity index (χ0v) is 8.54. The van der Waals surface area contributed by atoms with Gasteiger partial charge in [0.1, 0.15) is 12.2 Å². The Morgan fingerprint density at radius 2 is 1.93 bits per heavy atom. The molecule has 0 heterocycles. The molecule has 3 N–H and O–H groups in total. The monoisotopic (exact) mass is 207 g/mol. The van der Waals surface area contributed by atoms with Crippen molar-refractivity contribution in [2.24, 2.45) is 0 Å². The van der Waals surface area contributed by atoms with Crippen LogP contribution in [0.25, 0.3) is 0 Å². The number of hydrogen-bond acceptors (Lipinski definition) is 5. The smallest absolute Gasteiger partial charge is 0.409 e. The maximum absolute atomic E-state index is 10.9. The second-order valence-electron chi connectivity index (χ2n) is 3.15. The van der Waals surface area contributed by atoms with Crippen molar-refractivity contribution < 1.29 is 24.9 Å². The highest BCUT2D eigenvalue weighted by molar-refractivity contribution is 5.66. The Balaban J connectivity index is 4.05. The molecule has 0 aliphatic heterocycles. The van der Waals surface area contributed by atoms with Crippen LogP contribution in [0.15, 0.2) is 0 Å². The van der Waals surface area contributed by atoms with Crippen LogP contribution in [0.2, 0.25) is 0 Å². The molecule has 14 heavy (non-hydrogen) atoms. The summed E-state index contributed by atoms with van der Waals surface area (Å²) in [6.07, 6.45) is -4.13. The first-order chi connectivity index (χ1) is 6.40. The molecule has 0 saturated carbocycles. The second-order valence-corrected chi connectivity index (χ2v) is 3.15. The largest absolute Gasteiger partial charge is 0.453 e. The average Bonchev–Trinajstić information content (AvgIpc) is 2.14. The van der Waals surface area contributed by atoms with Gasteiger partial charge < -0.3 is 25.0 Å². The summed E-state index contributed by atoms with van der Waals surface area (Å²) in [4.78, 5) is 12.0. The van der Waals surface area contributed by atoms with E-state index in [1.165, 1.54) is 21.1 Å². The summed E-state index contributed by atoms with van der Waals surface area (Å²) in [5.74, 6) is 0. The van der Waals surface area contributed by atoms with Crippen LogP contribution in [0.4, 0.5) is 4.79 Å². The van der Waals surface area contributed by atoms with Crippen LogP contribution in [-0.4, -0.2) is 65.3 Å². The van der Waals surface area contributed by atoms with Gasteiger partial charge in [0.05, 0.1) is 19.8 Å². The van der Waals surface area contributed by atoms with Crippen LogP contribution < -0.4 is 0 Å². The van der Waals surface area contributed by atoms with E-state index in [0.717, 1.165) is 4.90 Å². The van der Waals surface area contributed by atoms with Gasteiger partial charge in [0.15, 0.2) is 0 Å². The first kappa shape index (κ1) is 13.2. The predicted octanol–water partition coefficient (Wildman–Crippen LogP) is -1.21. The molecule has 0 radical (unpaired) electrons. The highest BCUT2D eigenvalue weighted by atomic mass is 16.5. The van der Waals surface area contributed by atoms with Gasteiger partial charge >= 0.3 is 6.09 Å². The van der Waals surface area contributed by atoms with Crippen molar-refractivity contribution in [2.75, 3.05) is 20.7 Å². The summed E-state index contributed by atoms with van der Waals surface area (Å²) in [5, 5.41) is 27.5. The highest BCUT2D eigenvalue weighted by Gasteiger charge is 2.24. The summed E-state index contributed by atoms with van der Waals surface area (Å²) in [6, 6.07) is 0. The van der Waals surface area contributed by atoms with Gasteiger partial charge in [-0.05, 0) is 6.92 Å². The third-order valence-electron chi connectivity index (χ3n) is 1.84. The molecule has 0 bridgehead atoms. The van der Waals surface area contributed by atoms with Gasteiger partial charge in [-0.2, -0.15) is 0 Å². The van der Waals surface area contributed by atoms with Crippen molar-refractivity contribution in [3.63, 3.8) is 0 Å². The van der Waals surface area contributed by atoms with Crippen LogP contribution in [0.3, 0.4) is 0 Å². The summed E-state index contributed by atoms with van der Waals surface area (Å²) < 4.78 is 4.38. The molecular formula is C8H17NO5. The maximum atomic E-state index is 10.9. The lowest BCUT2D eigenvalue weighted by Crippen LogP contribution is -2.44. The van der Waals surface area contributed by atoms with Gasteiger partial charge in [-0.3, -0.25) is 0 Å². The van der Waals surface area contributed by atoms with Crippen molar-refractivity contribution in [1.29, 1.82) is 0 Å². The second kappa shape index (κ2) is 5.79. The highest BCUT2D eigenvalue weighted by Crippen LogP contribution is 2.02. The minimum absolute atomic E-state index is 0.0985. The lowest BCUT2D eigenvalue weighted by Gasteiger charge is -2.24. The first-order valence-corrected chi connectivity index (χ1v) is 4.23. The quantitative estimate of drug-likeness (QED) is 0.538. The van der Waals surface area contributed by atoms with E-state index >= 15 is 0 Å². The Labute approximate surface area is 82.7 Å². The number of carbonyl (C=O) groups excluding carboxylic acids is 1. The molecule has 0 aromatic carbocycles. The topological polar surface area (TPSA) is 90.2 Å². The average molecular weight is 207 g/mol. The van der Waals surface area contributed by atoms with E-state index in [2.05, 4.69) is 4.74 Å². The molecule has 0 saturated heterocycles. The third-order valence-corrected chi connectivity index (χ3v) is 1.84. The SMILES string of the molecule is COC(=O)N(C)CC(O)C(O)C(C)O. The molecule has 0 spiro atoms. The molecule has 0 fully saturated rings. The number of amides is 1. The summed E-state index contributed by atoms with van der Waals surface area (Å²) in [7, 11) is 2.64. The molecule has 6 nitrogen and oxygen atoms in total. The zero-order chi connectivity index (χ0) is 11.3. The van der Waals surface area contributed by atoms with Crippen LogP contribution >= 0.6 is 0 Å². The number of likely N-dealkylation sites (N-methyl/N-ethyl adjacent to an activating group) is 1. The van der Waals surface area contributed by atoms with E-state index in [9.17, 15) is 15.0 Å². The van der Waals surface area contributed by atoms with Crippen molar-refractivity contribution in [2.45, 2.75) is 25.2 Å². The van der Waals surface area contributed by atoms with Gasteiger partial charge in [0.25, 0.3) is 0 Å². The van der Waals surface area contributed by atoms with E-state index in [4.69, 9.17) is 5.11 Å². The number of hydrogen-bond donors (Lipinski definition) is 3. The van der Waals surface area contributed by atoms with Crippen molar-refractivity contribution >= 4 is 6.09 Å². The summed E-state index contributed by atoms with van der Waals surface area (Å²) >= 11 is 0. The standard InChI is InChI=1S/C8H17NO5/c1-5(10)7(12)6(11)4-9(2)8(13)14-3/h5-7,10-12H,4H2,1-3H3. The zero-order valence-electron chi connectivity index (χ0n) is 8.54. The van der Waals surface area contributed by atoms with E-state index < -0.39 is 24.4 Å². The predicted molar refractivity (Wildman–Crippen MR) is 48.7 cm³/mol. The lowest BCUT2D eigenvalue weighted by atomic mass is 10.1. The number of ether oxygens (including phenoxy) is 1. The first-order valence-electron chi connectivity index (χ1n) is 4.23. The Morgan fingerprint density at radius 3 is 2.29 bits per heavy atom. The van der Waals surface area contributed by atoms with Crippen LogP contribution in [0.5, 0.6) is 0 Å². The van der Waals surface area contributed by atoms with Crippen molar-refractivity contribution in [1.82, 2.24) is 4.90 Å². The lowest BCUT2D eigenvalue weighted by molar-refractivity contribution is -0.0589. The Hall–Kier alpha value is -0.850. The van der Waals surface area contributed by atoms with Gasteiger partial charge in [-0.1, -0.05) is 0 Å². The van der Waals surface area contributed by atoms with E-state index in [0.29, 0.717) is 0 Å². The van der Waals surface area contributed by atoms with Gasteiger partial charge in [-0.25, -0.2) is 4.79 Å². The van der Waals surface area contributed by atoms with Crippen LogP contribution in [-0.2, 0) is 4.74 Å². The molecule has 3 unspecified atom stereocenters. The minimum Gasteiger partial charge on any atom is -0.453 e. The molecule has 0 aromatic rings. The molecule has 3 atom stereocenters. The minimum atomic E-state index is -1.28. The number of aliphatic hydroxyl groups excluding tert-OH is 3. The molecule has 1 amide bonds. The molecule has 0 rings (SSSR count). The number of aliphatic hydroxyl groups is 3. The van der Waals surface area contributed by atoms with E-state index in [-0.39, 0.29) is 6.54 Å². The number of methoxy groups -OCH3 is 1. The van der Waals surface area contributed by atoms with E-state index in [1.807, 2.05) is 0 Å². The fourth-order valence-corrected chi connectivity index (χ4v) is 0.940. The molecule has 84 valence electrons. The van der Waals surface area contributed by atoms with E-state index in [1.54, 1.807) is 0 Å². The Bertz CT molecular complexity index is 185. The molecule has 0 aliphatic carbocycles. The van der Waals surface area contributed by atoms with Gasteiger partial charge in [-0.15, -0.1) is 0 Å². The molecular weight excluding hydrogens is 190 g/mol. The van der Waals surface area contributed by atoms with Crippen molar-refractivity contribution in [3.8, 4) is 0 Å². The third kappa shape index (κ3) is 3.91. The summed E-state index contributed by atoms with van der Waals surface area (Å²) in [6.45, 7) is 1.25. The van der Waals surface area contributed by atoms with Crippen LogP contribution in [0.1, 0.15) is 6.92 Å². The van der Waals surface area contributed by atoms with Gasteiger partial charge in [0, 0.05) is 7.05 Å². The normalized spacial score (nSPS) is 17.0. The van der Waals surface area contributed by atoms with Crippen LogP contribution in [0, 0.1) is 0 Å². The number of rotatable bonds is 4. The molecule has 0 aromatic heterocycles. The molecule has 0 aliphatic rings. The Kier molecular flexibility index (Phi) is 5.44. The van der Waals surface area contributed by atoms with Crippen molar-refractivity contribution in [3.05, 3.63) is 0 Å². The molecule has 6 heteroatoms. The fourth-order valence-electron chi connectivity index (χ4n) is 0.940. The summed E-state index contributed by atoms with van der Waals surface area (Å²) in [5.41, 5.74) is 0. The maximum Gasteiger partial charge on any atom is 0.409 e. The number of nitrogens with zero attached hydrogens (tertiary/aromatic N) is 1. The fraction of sp³-hybridized carbons (Fsp3) is 0.875. The number of carbonyl (C=O) groups is 1.